The Bertz CT molecular complexity index is 909. The molecule has 0 heterocycles. The maximum Gasteiger partial charge on any atom is 0.407 e. The Morgan fingerprint density at radius 2 is 1.73 bits per heavy atom. The molecule has 0 aliphatic heterocycles. The predicted molar refractivity (Wildman–Crippen MR) is 111 cm³/mol. The zero-order chi connectivity index (χ0) is 22.1. The van der Waals surface area contributed by atoms with Crippen molar-refractivity contribution in [3.63, 3.8) is 0 Å². The molecule has 160 valence electrons. The number of carbonyl (C=O) groups excluding carboxylic acids is 3. The topological polar surface area (TPSA) is 96.5 Å². The molecule has 2 aromatic carbocycles. The number of benzene rings is 2. The van der Waals surface area contributed by atoms with E-state index < -0.39 is 23.4 Å². The van der Waals surface area contributed by atoms with E-state index in [4.69, 9.17) is 4.74 Å². The number of rotatable bonds is 7. The maximum atomic E-state index is 13.3. The third-order valence-electron chi connectivity index (χ3n) is 3.85. The number of hydrogen-bond acceptors (Lipinski definition) is 4. The second kappa shape index (κ2) is 10.4. The van der Waals surface area contributed by atoms with Crippen LogP contribution < -0.4 is 16.0 Å². The molecule has 0 saturated carbocycles. The van der Waals surface area contributed by atoms with Gasteiger partial charge in [0.2, 0.25) is 5.91 Å². The molecule has 0 bridgehead atoms. The van der Waals surface area contributed by atoms with E-state index in [-0.39, 0.29) is 31.0 Å². The van der Waals surface area contributed by atoms with Gasteiger partial charge in [0, 0.05) is 30.8 Å². The largest absolute Gasteiger partial charge is 0.444 e. The zero-order valence-electron chi connectivity index (χ0n) is 17.3. The average Bonchev–Trinajstić information content (AvgIpc) is 2.66. The number of ether oxygens (including phenoxy) is 1. The SMILES string of the molecule is CC(C)(C)OC(=O)NCCC(=O)NCc1ccccc1NC(=O)c1cccc(F)c1. The number of para-hydroxylation sites is 1. The lowest BCUT2D eigenvalue weighted by molar-refractivity contribution is -0.121. The molecule has 0 fully saturated rings. The van der Waals surface area contributed by atoms with Crippen LogP contribution in [0.15, 0.2) is 48.5 Å². The van der Waals surface area contributed by atoms with Gasteiger partial charge < -0.3 is 20.7 Å². The fraction of sp³-hybridized carbons (Fsp3) is 0.318. The van der Waals surface area contributed by atoms with Crippen LogP contribution in [0.4, 0.5) is 14.9 Å². The summed E-state index contributed by atoms with van der Waals surface area (Å²) in [7, 11) is 0. The first-order chi connectivity index (χ1) is 14.1. The molecule has 0 radical (unpaired) electrons. The molecule has 0 spiro atoms. The van der Waals surface area contributed by atoms with Crippen LogP contribution in [0.1, 0.15) is 43.1 Å². The predicted octanol–water partition coefficient (Wildman–Crippen LogP) is 3.61. The quantitative estimate of drug-likeness (QED) is 0.644. The Hall–Kier alpha value is -3.42. The first-order valence-electron chi connectivity index (χ1n) is 9.52. The molecule has 7 nitrogen and oxygen atoms in total. The molecule has 3 amide bonds. The summed E-state index contributed by atoms with van der Waals surface area (Å²) in [5.41, 5.74) is 0.795. The third kappa shape index (κ3) is 7.90. The molecule has 2 rings (SSSR count). The minimum absolute atomic E-state index is 0.0804. The van der Waals surface area contributed by atoms with Gasteiger partial charge in [0.25, 0.3) is 5.91 Å². The fourth-order valence-electron chi connectivity index (χ4n) is 2.50. The van der Waals surface area contributed by atoms with Crippen LogP contribution in [0.3, 0.4) is 0 Å². The van der Waals surface area contributed by atoms with E-state index in [1.54, 1.807) is 45.0 Å². The minimum Gasteiger partial charge on any atom is -0.444 e. The molecule has 0 saturated heterocycles. The lowest BCUT2D eigenvalue weighted by atomic mass is 10.1. The summed E-state index contributed by atoms with van der Waals surface area (Å²) in [6.07, 6.45) is -0.502. The second-order valence-electron chi connectivity index (χ2n) is 7.58. The van der Waals surface area contributed by atoms with Crippen molar-refractivity contribution in [2.24, 2.45) is 0 Å². The van der Waals surface area contributed by atoms with Gasteiger partial charge in [-0.3, -0.25) is 9.59 Å². The minimum atomic E-state index is -0.605. The Morgan fingerprint density at radius 1 is 1.00 bits per heavy atom. The van der Waals surface area contributed by atoms with E-state index in [1.807, 2.05) is 0 Å². The van der Waals surface area contributed by atoms with E-state index in [2.05, 4.69) is 16.0 Å². The van der Waals surface area contributed by atoms with Crippen LogP contribution in [0.25, 0.3) is 0 Å². The Labute approximate surface area is 175 Å². The molecule has 8 heteroatoms. The normalized spacial score (nSPS) is 10.8. The van der Waals surface area contributed by atoms with Crippen LogP contribution in [0.2, 0.25) is 0 Å². The molecule has 2 aromatic rings. The number of alkyl carbamates (subject to hydrolysis) is 1. The number of nitrogens with one attached hydrogen (secondary N) is 3. The van der Waals surface area contributed by atoms with Crippen molar-refractivity contribution < 1.29 is 23.5 Å². The molecule has 0 aliphatic rings. The van der Waals surface area contributed by atoms with Crippen LogP contribution >= 0.6 is 0 Å². The number of hydrogen-bond donors (Lipinski definition) is 3. The number of carbonyl (C=O) groups is 3. The van der Waals surface area contributed by atoms with Gasteiger partial charge >= 0.3 is 6.09 Å². The number of amides is 3. The molecule has 30 heavy (non-hydrogen) atoms. The molecular weight excluding hydrogens is 389 g/mol. The Morgan fingerprint density at radius 3 is 2.43 bits per heavy atom. The van der Waals surface area contributed by atoms with Gasteiger partial charge in [-0.05, 0) is 50.6 Å². The summed E-state index contributed by atoms with van der Waals surface area (Å²) in [6.45, 7) is 5.58. The molecule has 0 atom stereocenters. The van der Waals surface area contributed by atoms with Gasteiger partial charge in [-0.25, -0.2) is 9.18 Å². The standard InChI is InChI=1S/C22H26FN3O4/c1-22(2,3)30-21(29)24-12-11-19(27)25-14-16-7-4-5-10-18(16)26-20(28)15-8-6-9-17(23)13-15/h4-10,13H,11-12,14H2,1-3H3,(H,24,29)(H,25,27)(H,26,28). The molecule has 3 N–H and O–H groups in total. The van der Waals surface area contributed by atoms with Gasteiger partial charge in [-0.1, -0.05) is 24.3 Å². The summed E-state index contributed by atoms with van der Waals surface area (Å²) in [6, 6.07) is 12.4. The van der Waals surface area contributed by atoms with Crippen molar-refractivity contribution in [1.29, 1.82) is 0 Å². The van der Waals surface area contributed by atoms with Crippen molar-refractivity contribution in [2.75, 3.05) is 11.9 Å². The van der Waals surface area contributed by atoms with Crippen LogP contribution in [0.5, 0.6) is 0 Å². The van der Waals surface area contributed by atoms with Gasteiger partial charge in [-0.15, -0.1) is 0 Å². The van der Waals surface area contributed by atoms with Crippen molar-refractivity contribution >= 4 is 23.6 Å². The molecular formula is C22H26FN3O4. The lowest BCUT2D eigenvalue weighted by Crippen LogP contribution is -2.35. The van der Waals surface area contributed by atoms with Crippen LogP contribution in [-0.4, -0.2) is 30.1 Å². The molecule has 0 aromatic heterocycles. The summed E-state index contributed by atoms with van der Waals surface area (Å²) in [4.78, 5) is 36.0. The van der Waals surface area contributed by atoms with Crippen molar-refractivity contribution in [3.05, 3.63) is 65.5 Å². The van der Waals surface area contributed by atoms with Crippen molar-refractivity contribution in [3.8, 4) is 0 Å². The van der Waals surface area contributed by atoms with Crippen molar-refractivity contribution in [2.45, 2.75) is 39.3 Å². The monoisotopic (exact) mass is 415 g/mol. The summed E-state index contributed by atoms with van der Waals surface area (Å²) in [5, 5.41) is 7.99. The maximum absolute atomic E-state index is 13.3. The lowest BCUT2D eigenvalue weighted by Gasteiger charge is -2.19. The second-order valence-corrected chi connectivity index (χ2v) is 7.58. The molecule has 0 aliphatic carbocycles. The highest BCUT2D eigenvalue weighted by atomic mass is 19.1. The van der Waals surface area contributed by atoms with Crippen molar-refractivity contribution in [1.82, 2.24) is 10.6 Å². The fourth-order valence-corrected chi connectivity index (χ4v) is 2.50. The van der Waals surface area contributed by atoms with Gasteiger partial charge in [0.05, 0.1) is 0 Å². The van der Waals surface area contributed by atoms with E-state index in [0.717, 1.165) is 6.07 Å². The summed E-state index contributed by atoms with van der Waals surface area (Å²) < 4.78 is 18.4. The van der Waals surface area contributed by atoms with Gasteiger partial charge in [-0.2, -0.15) is 0 Å². The summed E-state index contributed by atoms with van der Waals surface area (Å²) >= 11 is 0. The summed E-state index contributed by atoms with van der Waals surface area (Å²) in [5.74, 6) is -1.21. The highest BCUT2D eigenvalue weighted by Crippen LogP contribution is 2.16. The van der Waals surface area contributed by atoms with Gasteiger partial charge in [0.1, 0.15) is 11.4 Å². The highest BCUT2D eigenvalue weighted by molar-refractivity contribution is 6.04. The van der Waals surface area contributed by atoms with Gasteiger partial charge in [0.15, 0.2) is 0 Å². The first kappa shape index (κ1) is 22.9. The van der Waals surface area contributed by atoms with Crippen LogP contribution in [0, 0.1) is 5.82 Å². The van der Waals surface area contributed by atoms with Crippen LogP contribution in [-0.2, 0) is 16.1 Å². The Balaban J connectivity index is 1.85. The van der Waals surface area contributed by atoms with E-state index >= 15 is 0 Å². The van der Waals surface area contributed by atoms with E-state index in [9.17, 15) is 18.8 Å². The highest BCUT2D eigenvalue weighted by Gasteiger charge is 2.16. The number of halogens is 1. The first-order valence-corrected chi connectivity index (χ1v) is 9.52. The third-order valence-corrected chi connectivity index (χ3v) is 3.85. The smallest absolute Gasteiger partial charge is 0.407 e. The molecule has 0 unspecified atom stereocenters. The number of anilines is 1. The Kier molecular flexibility index (Phi) is 7.91. The van der Waals surface area contributed by atoms with E-state index in [0.29, 0.717) is 11.3 Å². The van der Waals surface area contributed by atoms with E-state index in [1.165, 1.54) is 18.2 Å². The zero-order valence-corrected chi connectivity index (χ0v) is 17.3. The average molecular weight is 415 g/mol.